The van der Waals surface area contributed by atoms with Gasteiger partial charge in [0, 0.05) is 30.9 Å². The van der Waals surface area contributed by atoms with Gasteiger partial charge in [-0.25, -0.2) is 0 Å². The second-order valence-corrected chi connectivity index (χ2v) is 6.20. The van der Waals surface area contributed by atoms with Crippen LogP contribution in [0.15, 0.2) is 48.8 Å². The maximum Gasteiger partial charge on any atom is 0.119 e. The van der Waals surface area contributed by atoms with Crippen molar-refractivity contribution in [2.24, 2.45) is 0 Å². The van der Waals surface area contributed by atoms with Crippen LogP contribution in [-0.4, -0.2) is 17.1 Å². The van der Waals surface area contributed by atoms with Crippen molar-refractivity contribution < 1.29 is 4.74 Å². The zero-order valence-corrected chi connectivity index (χ0v) is 13.1. The fourth-order valence-corrected chi connectivity index (χ4v) is 1.91. The van der Waals surface area contributed by atoms with Crippen LogP contribution in [0.5, 0.6) is 5.75 Å². The van der Waals surface area contributed by atoms with Crippen molar-refractivity contribution in [1.82, 2.24) is 10.3 Å². The van der Waals surface area contributed by atoms with E-state index in [1.807, 2.05) is 36.7 Å². The molecule has 0 fully saturated rings. The Morgan fingerprint density at radius 1 is 0.952 bits per heavy atom. The lowest BCUT2D eigenvalue weighted by molar-refractivity contribution is 0.321. The first kappa shape index (κ1) is 15.5. The Morgan fingerprint density at radius 3 is 2.24 bits per heavy atom. The van der Waals surface area contributed by atoms with Crippen molar-refractivity contribution in [1.29, 1.82) is 0 Å². The van der Waals surface area contributed by atoms with Crippen LogP contribution in [0.25, 0.3) is 0 Å². The third-order valence-corrected chi connectivity index (χ3v) is 3.16. The number of pyridine rings is 1. The molecule has 0 atom stereocenters. The van der Waals surface area contributed by atoms with Gasteiger partial charge in [0.05, 0.1) is 6.61 Å². The number of benzene rings is 1. The van der Waals surface area contributed by atoms with Gasteiger partial charge in [0.2, 0.25) is 0 Å². The molecule has 1 aromatic heterocycles. The lowest BCUT2D eigenvalue weighted by Crippen LogP contribution is -2.35. The molecule has 0 unspecified atom stereocenters. The van der Waals surface area contributed by atoms with Gasteiger partial charge in [0.1, 0.15) is 5.75 Å². The summed E-state index contributed by atoms with van der Waals surface area (Å²) < 4.78 is 5.77. The molecule has 0 bridgehead atoms. The van der Waals surface area contributed by atoms with Gasteiger partial charge >= 0.3 is 0 Å². The van der Waals surface area contributed by atoms with Gasteiger partial charge in [-0.2, -0.15) is 0 Å². The largest absolute Gasteiger partial charge is 0.493 e. The molecule has 0 radical (unpaired) electrons. The van der Waals surface area contributed by atoms with Crippen LogP contribution in [0.1, 0.15) is 31.9 Å². The number of nitrogens with one attached hydrogen (secondary N) is 1. The van der Waals surface area contributed by atoms with Crippen LogP contribution >= 0.6 is 0 Å². The molecular formula is C18H24N2O. The predicted octanol–water partition coefficient (Wildman–Crippen LogP) is 3.59. The normalized spacial score (nSPS) is 11.4. The van der Waals surface area contributed by atoms with E-state index in [4.69, 9.17) is 4.74 Å². The molecule has 0 aliphatic carbocycles. The number of aromatic nitrogens is 1. The second kappa shape index (κ2) is 7.23. The Kier molecular flexibility index (Phi) is 5.34. The number of hydrogen-bond donors (Lipinski definition) is 1. The minimum Gasteiger partial charge on any atom is -0.493 e. The fourth-order valence-electron chi connectivity index (χ4n) is 1.91. The molecule has 0 saturated heterocycles. The van der Waals surface area contributed by atoms with Crippen molar-refractivity contribution >= 4 is 0 Å². The highest BCUT2D eigenvalue weighted by molar-refractivity contribution is 5.27. The van der Waals surface area contributed by atoms with E-state index in [1.165, 1.54) is 11.1 Å². The monoisotopic (exact) mass is 284 g/mol. The summed E-state index contributed by atoms with van der Waals surface area (Å²) in [7, 11) is 0. The molecule has 0 aliphatic rings. The summed E-state index contributed by atoms with van der Waals surface area (Å²) >= 11 is 0. The summed E-state index contributed by atoms with van der Waals surface area (Å²) in [6, 6.07) is 12.3. The second-order valence-electron chi connectivity index (χ2n) is 6.20. The summed E-state index contributed by atoms with van der Waals surface area (Å²) in [5, 5.41) is 3.48. The first-order chi connectivity index (χ1) is 10.0. The molecule has 1 aromatic carbocycles. The highest BCUT2D eigenvalue weighted by Crippen LogP contribution is 2.13. The molecule has 2 aromatic rings. The summed E-state index contributed by atoms with van der Waals surface area (Å²) in [5.41, 5.74) is 2.65. The third kappa shape index (κ3) is 5.96. The minimum atomic E-state index is 0.139. The van der Waals surface area contributed by atoms with Gasteiger partial charge in [-0.3, -0.25) is 4.98 Å². The van der Waals surface area contributed by atoms with Gasteiger partial charge in [-0.05, 0) is 56.2 Å². The van der Waals surface area contributed by atoms with Crippen LogP contribution in [0.2, 0.25) is 0 Å². The molecule has 21 heavy (non-hydrogen) atoms. The summed E-state index contributed by atoms with van der Waals surface area (Å²) in [6.07, 6.45) is 4.52. The lowest BCUT2D eigenvalue weighted by Gasteiger charge is -2.20. The van der Waals surface area contributed by atoms with E-state index in [0.29, 0.717) is 6.61 Å². The Balaban J connectivity index is 1.77. The number of nitrogens with zero attached hydrogens (tertiary/aromatic N) is 1. The SMILES string of the molecule is CC(C)(C)NCc1ccc(OCCc2ccncc2)cc1. The topological polar surface area (TPSA) is 34.1 Å². The van der Waals surface area contributed by atoms with E-state index < -0.39 is 0 Å². The molecule has 0 amide bonds. The lowest BCUT2D eigenvalue weighted by atomic mass is 10.1. The predicted molar refractivity (Wildman–Crippen MR) is 86.5 cm³/mol. The van der Waals surface area contributed by atoms with Gasteiger partial charge in [-0.1, -0.05) is 12.1 Å². The molecule has 0 saturated carbocycles. The molecule has 0 aliphatic heterocycles. The summed E-state index contributed by atoms with van der Waals surface area (Å²) in [4.78, 5) is 4.01. The molecule has 1 N–H and O–H groups in total. The Morgan fingerprint density at radius 2 is 1.62 bits per heavy atom. The first-order valence-electron chi connectivity index (χ1n) is 7.39. The molecular weight excluding hydrogens is 260 g/mol. The quantitative estimate of drug-likeness (QED) is 0.880. The highest BCUT2D eigenvalue weighted by atomic mass is 16.5. The Hall–Kier alpha value is -1.87. The highest BCUT2D eigenvalue weighted by Gasteiger charge is 2.08. The van der Waals surface area contributed by atoms with Crippen LogP contribution in [-0.2, 0) is 13.0 Å². The number of ether oxygens (including phenoxy) is 1. The Bertz CT molecular complexity index is 529. The van der Waals surface area contributed by atoms with E-state index >= 15 is 0 Å². The zero-order chi connectivity index (χ0) is 15.1. The van der Waals surface area contributed by atoms with Crippen LogP contribution in [0.3, 0.4) is 0 Å². The van der Waals surface area contributed by atoms with E-state index in [0.717, 1.165) is 18.7 Å². The summed E-state index contributed by atoms with van der Waals surface area (Å²) in [5.74, 6) is 0.920. The maximum absolute atomic E-state index is 5.77. The summed E-state index contributed by atoms with van der Waals surface area (Å²) in [6.45, 7) is 8.07. The van der Waals surface area contributed by atoms with E-state index in [1.54, 1.807) is 0 Å². The average Bonchev–Trinajstić information content (AvgIpc) is 2.47. The van der Waals surface area contributed by atoms with Gasteiger partial charge in [0.15, 0.2) is 0 Å². The van der Waals surface area contributed by atoms with Crippen LogP contribution < -0.4 is 10.1 Å². The molecule has 1 heterocycles. The Labute approximate surface area is 127 Å². The van der Waals surface area contributed by atoms with Crippen LogP contribution in [0.4, 0.5) is 0 Å². The molecule has 0 spiro atoms. The van der Waals surface area contributed by atoms with Gasteiger partial charge in [0.25, 0.3) is 0 Å². The van der Waals surface area contributed by atoms with Crippen molar-refractivity contribution in [2.75, 3.05) is 6.61 Å². The number of hydrogen-bond acceptors (Lipinski definition) is 3. The van der Waals surface area contributed by atoms with Crippen molar-refractivity contribution in [2.45, 2.75) is 39.3 Å². The van der Waals surface area contributed by atoms with Gasteiger partial charge in [-0.15, -0.1) is 0 Å². The van der Waals surface area contributed by atoms with Crippen LogP contribution in [0, 0.1) is 0 Å². The molecule has 112 valence electrons. The van der Waals surface area contributed by atoms with E-state index in [2.05, 4.69) is 43.2 Å². The maximum atomic E-state index is 5.77. The first-order valence-corrected chi connectivity index (χ1v) is 7.39. The van der Waals surface area contributed by atoms with Crippen molar-refractivity contribution in [3.63, 3.8) is 0 Å². The smallest absolute Gasteiger partial charge is 0.119 e. The third-order valence-electron chi connectivity index (χ3n) is 3.16. The molecule has 3 heteroatoms. The standard InChI is InChI=1S/C18H24N2O/c1-18(2,3)20-14-16-4-6-17(7-5-16)21-13-10-15-8-11-19-12-9-15/h4-9,11-12,20H,10,13-14H2,1-3H3. The fraction of sp³-hybridized carbons (Fsp3) is 0.389. The van der Waals surface area contributed by atoms with Crippen molar-refractivity contribution in [3.05, 3.63) is 59.9 Å². The molecule has 3 nitrogen and oxygen atoms in total. The average molecular weight is 284 g/mol. The zero-order valence-electron chi connectivity index (χ0n) is 13.1. The molecule has 2 rings (SSSR count). The van der Waals surface area contributed by atoms with Crippen molar-refractivity contribution in [3.8, 4) is 5.75 Å². The van der Waals surface area contributed by atoms with E-state index in [-0.39, 0.29) is 5.54 Å². The van der Waals surface area contributed by atoms with E-state index in [9.17, 15) is 0 Å². The van der Waals surface area contributed by atoms with Gasteiger partial charge < -0.3 is 10.1 Å². The minimum absolute atomic E-state index is 0.139. The number of rotatable bonds is 6.